The van der Waals surface area contributed by atoms with Crippen molar-refractivity contribution in [1.82, 2.24) is 0 Å². The van der Waals surface area contributed by atoms with E-state index in [1.54, 1.807) is 13.8 Å². The van der Waals surface area contributed by atoms with Gasteiger partial charge in [-0.1, -0.05) is 24.8 Å². The van der Waals surface area contributed by atoms with Gasteiger partial charge in [-0.25, -0.2) is 4.79 Å². The van der Waals surface area contributed by atoms with Crippen LogP contribution < -0.4 is 0 Å². The predicted molar refractivity (Wildman–Crippen MR) is 76.7 cm³/mol. The minimum atomic E-state index is -1.07. The van der Waals surface area contributed by atoms with Crippen LogP contribution in [-0.2, 0) is 14.0 Å². The molecule has 0 bridgehead atoms. The molecule has 1 aliphatic carbocycles. The second kappa shape index (κ2) is 6.37. The van der Waals surface area contributed by atoms with E-state index in [0.29, 0.717) is 5.92 Å². The molecule has 1 aliphatic rings. The van der Waals surface area contributed by atoms with Gasteiger partial charge in [0.25, 0.3) is 0 Å². The van der Waals surface area contributed by atoms with Crippen LogP contribution in [0.3, 0.4) is 0 Å². The highest BCUT2D eigenvalue weighted by Crippen LogP contribution is 2.37. The SMILES string of the molecule is CC(=C(C(=O)O)C(C)(C)C(=O)O[SiH3])C1CCCCC1. The van der Waals surface area contributed by atoms with Crippen molar-refractivity contribution in [3.8, 4) is 0 Å². The summed E-state index contributed by atoms with van der Waals surface area (Å²) in [5.41, 5.74) is -0.000665. The van der Waals surface area contributed by atoms with Gasteiger partial charge in [-0.05, 0) is 39.5 Å². The normalized spacial score (nSPS) is 18.9. The van der Waals surface area contributed by atoms with Crippen LogP contribution in [0.15, 0.2) is 11.1 Å². The smallest absolute Gasteiger partial charge is 0.332 e. The number of hydrogen-bond donors (Lipinski definition) is 1. The number of carboxylic acid groups (broad SMARTS) is 1. The van der Waals surface area contributed by atoms with Gasteiger partial charge in [0.1, 0.15) is 0 Å². The van der Waals surface area contributed by atoms with E-state index in [1.807, 2.05) is 6.92 Å². The van der Waals surface area contributed by atoms with Gasteiger partial charge in [0.2, 0.25) is 10.5 Å². The van der Waals surface area contributed by atoms with Crippen molar-refractivity contribution in [3.63, 3.8) is 0 Å². The van der Waals surface area contributed by atoms with Crippen LogP contribution in [0.2, 0.25) is 0 Å². The van der Waals surface area contributed by atoms with Crippen molar-refractivity contribution in [2.24, 2.45) is 11.3 Å². The summed E-state index contributed by atoms with van der Waals surface area (Å²) in [7, 11) is 0.286. The minimum Gasteiger partial charge on any atom is -0.528 e. The van der Waals surface area contributed by atoms with Crippen LogP contribution in [0.4, 0.5) is 0 Å². The van der Waals surface area contributed by atoms with Gasteiger partial charge in [0.15, 0.2) is 0 Å². The molecular formula is C14H24O4Si. The Morgan fingerprint density at radius 1 is 1.21 bits per heavy atom. The topological polar surface area (TPSA) is 63.6 Å². The molecule has 0 saturated heterocycles. The van der Waals surface area contributed by atoms with Gasteiger partial charge in [-0.2, -0.15) is 0 Å². The average Bonchev–Trinajstić information content (AvgIpc) is 2.37. The summed E-state index contributed by atoms with van der Waals surface area (Å²) in [5.74, 6) is -1.15. The molecule has 1 N–H and O–H groups in total. The number of aliphatic carboxylic acids is 1. The lowest BCUT2D eigenvalue weighted by molar-refractivity contribution is -0.145. The van der Waals surface area contributed by atoms with Crippen molar-refractivity contribution in [3.05, 3.63) is 11.1 Å². The molecule has 4 nitrogen and oxygen atoms in total. The van der Waals surface area contributed by atoms with Crippen LogP contribution >= 0.6 is 0 Å². The summed E-state index contributed by atoms with van der Waals surface area (Å²) in [5, 5.41) is 9.50. The molecule has 19 heavy (non-hydrogen) atoms. The minimum absolute atomic E-state index is 0.222. The Morgan fingerprint density at radius 2 is 1.74 bits per heavy atom. The fourth-order valence-electron chi connectivity index (χ4n) is 3.03. The Balaban J connectivity index is 3.17. The third-order valence-corrected chi connectivity index (χ3v) is 4.52. The van der Waals surface area contributed by atoms with Gasteiger partial charge in [0, 0.05) is 0 Å². The van der Waals surface area contributed by atoms with Gasteiger partial charge < -0.3 is 9.53 Å². The van der Waals surface area contributed by atoms with E-state index in [9.17, 15) is 14.7 Å². The van der Waals surface area contributed by atoms with Crippen LogP contribution in [0.1, 0.15) is 52.9 Å². The molecule has 0 radical (unpaired) electrons. The first kappa shape index (κ1) is 16.0. The molecule has 1 saturated carbocycles. The number of rotatable bonds is 4. The zero-order valence-corrected chi connectivity index (χ0v) is 14.3. The standard InChI is InChI=1S/C14H24O4Si/c1-9(10-7-5-4-6-8-10)11(12(15)16)14(2,3)13(17)18-19/h10H,4-8H2,1-3,19H3,(H,15,16). The summed E-state index contributed by atoms with van der Waals surface area (Å²) in [6.45, 7) is 5.15. The zero-order chi connectivity index (χ0) is 14.6. The summed E-state index contributed by atoms with van der Waals surface area (Å²) in [4.78, 5) is 23.5. The Labute approximate surface area is 117 Å². The molecule has 0 spiro atoms. The van der Waals surface area contributed by atoms with Crippen molar-refractivity contribution in [2.75, 3.05) is 0 Å². The van der Waals surface area contributed by atoms with Crippen LogP contribution in [0, 0.1) is 11.3 Å². The predicted octanol–water partition coefficient (Wildman–Crippen LogP) is 1.82. The van der Waals surface area contributed by atoms with E-state index in [4.69, 9.17) is 4.43 Å². The summed E-state index contributed by atoms with van der Waals surface area (Å²) in [6.07, 6.45) is 5.54. The van der Waals surface area contributed by atoms with E-state index in [1.165, 1.54) is 6.42 Å². The second-order valence-electron chi connectivity index (χ2n) is 5.81. The molecule has 108 valence electrons. The highest BCUT2D eigenvalue weighted by molar-refractivity contribution is 6.08. The van der Waals surface area contributed by atoms with Crippen molar-refractivity contribution >= 4 is 22.4 Å². The maximum Gasteiger partial charge on any atom is 0.332 e. The lowest BCUT2D eigenvalue weighted by Gasteiger charge is -2.29. The van der Waals surface area contributed by atoms with E-state index in [0.717, 1.165) is 31.3 Å². The summed E-state index contributed by atoms with van der Waals surface area (Å²) in [6, 6.07) is 0. The number of allylic oxidation sites excluding steroid dienone is 1. The van der Waals surface area contributed by atoms with Crippen LogP contribution in [0.5, 0.6) is 0 Å². The van der Waals surface area contributed by atoms with Crippen LogP contribution in [0.25, 0.3) is 0 Å². The first-order chi connectivity index (χ1) is 8.82. The fourth-order valence-corrected chi connectivity index (χ4v) is 3.54. The molecule has 0 aliphatic heterocycles. The average molecular weight is 284 g/mol. The van der Waals surface area contributed by atoms with Gasteiger partial charge in [0.05, 0.1) is 11.0 Å². The quantitative estimate of drug-likeness (QED) is 0.632. The molecule has 0 aromatic rings. The highest BCUT2D eigenvalue weighted by atomic mass is 28.2. The molecule has 0 aromatic heterocycles. The lowest BCUT2D eigenvalue weighted by Crippen LogP contribution is -2.33. The maximum absolute atomic E-state index is 11.9. The summed E-state index contributed by atoms with van der Waals surface area (Å²) < 4.78 is 4.89. The Bertz CT molecular complexity index is 392. The molecule has 0 heterocycles. The van der Waals surface area contributed by atoms with Crippen molar-refractivity contribution in [1.29, 1.82) is 0 Å². The third-order valence-electron chi connectivity index (χ3n) is 4.15. The van der Waals surface area contributed by atoms with E-state index < -0.39 is 17.4 Å². The van der Waals surface area contributed by atoms with E-state index in [2.05, 4.69) is 0 Å². The zero-order valence-electron chi connectivity index (χ0n) is 12.3. The van der Waals surface area contributed by atoms with Crippen molar-refractivity contribution in [2.45, 2.75) is 52.9 Å². The molecule has 0 unspecified atom stereocenters. The second-order valence-corrected chi connectivity index (χ2v) is 6.22. The monoisotopic (exact) mass is 284 g/mol. The number of hydrogen-bond acceptors (Lipinski definition) is 3. The first-order valence-electron chi connectivity index (χ1n) is 6.85. The van der Waals surface area contributed by atoms with Crippen LogP contribution in [-0.4, -0.2) is 27.5 Å². The Hall–Kier alpha value is -1.10. The number of carbonyl (C=O) groups excluding carboxylic acids is 1. The van der Waals surface area contributed by atoms with Gasteiger partial charge in [-0.15, -0.1) is 0 Å². The van der Waals surface area contributed by atoms with E-state index in [-0.39, 0.29) is 16.1 Å². The molecule has 5 heteroatoms. The molecule has 0 aromatic carbocycles. The van der Waals surface area contributed by atoms with Gasteiger partial charge in [-0.3, -0.25) is 4.79 Å². The molecular weight excluding hydrogens is 260 g/mol. The third kappa shape index (κ3) is 3.46. The first-order valence-corrected chi connectivity index (χ1v) is 7.67. The number of carboxylic acids is 1. The molecule has 0 atom stereocenters. The van der Waals surface area contributed by atoms with Crippen molar-refractivity contribution < 1.29 is 19.1 Å². The summed E-state index contributed by atoms with van der Waals surface area (Å²) >= 11 is 0. The molecule has 0 amide bonds. The molecule has 1 rings (SSSR count). The van der Waals surface area contributed by atoms with E-state index >= 15 is 0 Å². The Kier molecular flexibility index (Phi) is 5.35. The maximum atomic E-state index is 11.9. The fraction of sp³-hybridized carbons (Fsp3) is 0.714. The number of carbonyl (C=O) groups is 2. The lowest BCUT2D eigenvalue weighted by atomic mass is 9.75. The van der Waals surface area contributed by atoms with Gasteiger partial charge >= 0.3 is 11.9 Å². The highest BCUT2D eigenvalue weighted by Gasteiger charge is 2.39. The molecule has 1 fully saturated rings. The Morgan fingerprint density at radius 3 is 2.16 bits per heavy atom. The largest absolute Gasteiger partial charge is 0.528 e.